The summed E-state index contributed by atoms with van der Waals surface area (Å²) in [5.41, 5.74) is 1.79. The van der Waals surface area contributed by atoms with E-state index in [2.05, 4.69) is 33.0 Å². The number of nitrogens with one attached hydrogen (secondary N) is 1. The van der Waals surface area contributed by atoms with E-state index in [0.29, 0.717) is 6.61 Å². The molecule has 0 aliphatic carbocycles. The van der Waals surface area contributed by atoms with Crippen LogP contribution in [0, 0.1) is 5.41 Å². The maximum Gasteiger partial charge on any atom is 0.311 e. The molecule has 0 heterocycles. The molecule has 0 bridgehead atoms. The van der Waals surface area contributed by atoms with Crippen LogP contribution in [0.3, 0.4) is 0 Å². The quantitative estimate of drug-likeness (QED) is 0.674. The number of hydrogen-bond donors (Lipinski definition) is 1. The molecular formula is C19H31NO2. The molecule has 0 spiro atoms. The molecule has 1 aromatic carbocycles. The van der Waals surface area contributed by atoms with Crippen LogP contribution in [0.15, 0.2) is 24.3 Å². The lowest BCUT2D eigenvalue weighted by Crippen LogP contribution is -2.29. The molecule has 124 valence electrons. The van der Waals surface area contributed by atoms with E-state index in [0.717, 1.165) is 30.5 Å². The molecule has 1 aromatic rings. The number of rotatable bonds is 8. The second-order valence-electron chi connectivity index (χ2n) is 7.27. The molecule has 3 heteroatoms. The number of anilines is 1. The van der Waals surface area contributed by atoms with Gasteiger partial charge in [0.2, 0.25) is 0 Å². The van der Waals surface area contributed by atoms with E-state index >= 15 is 0 Å². The van der Waals surface area contributed by atoms with E-state index < -0.39 is 5.41 Å². The van der Waals surface area contributed by atoms with Crippen LogP contribution in [-0.2, 0) is 16.1 Å². The number of benzene rings is 1. The molecule has 1 N–H and O–H groups in total. The van der Waals surface area contributed by atoms with Gasteiger partial charge in [0.25, 0.3) is 0 Å². The van der Waals surface area contributed by atoms with Crippen molar-refractivity contribution >= 4 is 11.7 Å². The van der Waals surface area contributed by atoms with Crippen LogP contribution in [0.1, 0.15) is 66.4 Å². The molecule has 0 atom stereocenters. The molecule has 0 saturated heterocycles. The maximum atomic E-state index is 12.1. The Bertz CT molecular complexity index is 475. The van der Waals surface area contributed by atoms with Gasteiger partial charge in [-0.15, -0.1) is 0 Å². The lowest BCUT2D eigenvalue weighted by atomic mass is 9.88. The second-order valence-corrected chi connectivity index (χ2v) is 7.27. The van der Waals surface area contributed by atoms with E-state index in [1.54, 1.807) is 0 Å². The number of esters is 1. The van der Waals surface area contributed by atoms with Crippen molar-refractivity contribution in [3.63, 3.8) is 0 Å². The van der Waals surface area contributed by atoms with Gasteiger partial charge in [0.05, 0.1) is 5.41 Å². The normalized spacial score (nSPS) is 12.1. The van der Waals surface area contributed by atoms with Gasteiger partial charge in [0.15, 0.2) is 0 Å². The molecule has 3 nitrogen and oxygen atoms in total. The highest BCUT2D eigenvalue weighted by atomic mass is 16.5. The van der Waals surface area contributed by atoms with E-state index in [4.69, 9.17) is 4.74 Å². The largest absolute Gasteiger partial charge is 0.460 e. The second kappa shape index (κ2) is 7.66. The monoisotopic (exact) mass is 305 g/mol. The van der Waals surface area contributed by atoms with Gasteiger partial charge >= 0.3 is 5.97 Å². The van der Waals surface area contributed by atoms with Crippen LogP contribution < -0.4 is 5.32 Å². The minimum absolute atomic E-state index is 0.0815. The fraction of sp³-hybridized carbons (Fsp3) is 0.632. The average molecular weight is 305 g/mol. The summed E-state index contributed by atoms with van der Waals surface area (Å²) in [5, 5.41) is 3.49. The van der Waals surface area contributed by atoms with Crippen molar-refractivity contribution < 1.29 is 9.53 Å². The molecule has 1 rings (SSSR count). The van der Waals surface area contributed by atoms with Crippen molar-refractivity contribution in [2.45, 2.75) is 73.0 Å². The summed E-state index contributed by atoms with van der Waals surface area (Å²) in [7, 11) is 0. The number of ether oxygens (including phenoxy) is 1. The molecule has 0 aliphatic heterocycles. The third-order valence-electron chi connectivity index (χ3n) is 4.12. The van der Waals surface area contributed by atoms with Gasteiger partial charge in [-0.1, -0.05) is 32.4 Å². The predicted molar refractivity (Wildman–Crippen MR) is 92.9 cm³/mol. The Morgan fingerprint density at radius 3 is 2.18 bits per heavy atom. The molecule has 0 aromatic heterocycles. The van der Waals surface area contributed by atoms with Crippen molar-refractivity contribution in [2.75, 3.05) is 5.32 Å². The zero-order chi connectivity index (χ0) is 16.8. The lowest BCUT2D eigenvalue weighted by molar-refractivity contribution is -0.155. The fourth-order valence-electron chi connectivity index (χ4n) is 2.23. The van der Waals surface area contributed by atoms with Crippen molar-refractivity contribution in [2.24, 2.45) is 5.41 Å². The van der Waals surface area contributed by atoms with E-state index in [1.807, 2.05) is 38.1 Å². The highest BCUT2D eigenvalue weighted by Gasteiger charge is 2.28. The smallest absolute Gasteiger partial charge is 0.311 e. The Morgan fingerprint density at radius 1 is 1.09 bits per heavy atom. The number of hydrogen-bond acceptors (Lipinski definition) is 3. The predicted octanol–water partition coefficient (Wildman–Crippen LogP) is 5.16. The SMILES string of the molecule is CCCC(C)(C)C(=O)OCc1ccc(NC(C)(C)CC)cc1. The Balaban J connectivity index is 2.57. The lowest BCUT2D eigenvalue weighted by Gasteiger charge is -2.26. The first kappa shape index (κ1) is 18.5. The zero-order valence-corrected chi connectivity index (χ0v) is 15.0. The molecule has 0 amide bonds. The van der Waals surface area contributed by atoms with Crippen LogP contribution in [0.2, 0.25) is 0 Å². The van der Waals surface area contributed by atoms with Gasteiger partial charge in [-0.2, -0.15) is 0 Å². The average Bonchev–Trinajstić information content (AvgIpc) is 2.45. The van der Waals surface area contributed by atoms with Gasteiger partial charge in [-0.3, -0.25) is 4.79 Å². The summed E-state index contributed by atoms with van der Waals surface area (Å²) in [6.07, 6.45) is 2.88. The Morgan fingerprint density at radius 2 is 1.68 bits per heavy atom. The summed E-state index contributed by atoms with van der Waals surface area (Å²) >= 11 is 0. The van der Waals surface area contributed by atoms with Crippen LogP contribution >= 0.6 is 0 Å². The van der Waals surface area contributed by atoms with E-state index in [1.165, 1.54) is 0 Å². The first-order valence-electron chi connectivity index (χ1n) is 8.24. The van der Waals surface area contributed by atoms with Crippen LogP contribution in [0.4, 0.5) is 5.69 Å². The van der Waals surface area contributed by atoms with Gasteiger partial charge in [-0.05, 0) is 58.2 Å². The number of carbonyl (C=O) groups excluding carboxylic acids is 1. The van der Waals surface area contributed by atoms with Gasteiger partial charge in [0, 0.05) is 11.2 Å². The standard InChI is InChI=1S/C19H31NO2/c1-7-13-18(3,4)17(21)22-14-15-9-11-16(12-10-15)20-19(5,6)8-2/h9-12,20H,7-8,13-14H2,1-6H3. The van der Waals surface area contributed by atoms with Gasteiger partial charge in [0.1, 0.15) is 6.61 Å². The molecule has 0 fully saturated rings. The van der Waals surface area contributed by atoms with E-state index in [9.17, 15) is 4.79 Å². The summed E-state index contributed by atoms with van der Waals surface area (Å²) < 4.78 is 5.45. The molecule has 22 heavy (non-hydrogen) atoms. The van der Waals surface area contributed by atoms with Crippen molar-refractivity contribution in [3.05, 3.63) is 29.8 Å². The minimum Gasteiger partial charge on any atom is -0.460 e. The van der Waals surface area contributed by atoms with Gasteiger partial charge in [-0.25, -0.2) is 0 Å². The minimum atomic E-state index is -0.401. The van der Waals surface area contributed by atoms with Crippen LogP contribution in [0.25, 0.3) is 0 Å². The topological polar surface area (TPSA) is 38.3 Å². The van der Waals surface area contributed by atoms with Crippen molar-refractivity contribution in [3.8, 4) is 0 Å². The highest BCUT2D eigenvalue weighted by molar-refractivity contribution is 5.75. The molecule has 0 unspecified atom stereocenters. The first-order valence-corrected chi connectivity index (χ1v) is 8.24. The van der Waals surface area contributed by atoms with E-state index in [-0.39, 0.29) is 11.5 Å². The Kier molecular flexibility index (Phi) is 6.46. The molecular weight excluding hydrogens is 274 g/mol. The van der Waals surface area contributed by atoms with Crippen molar-refractivity contribution in [1.82, 2.24) is 0 Å². The molecule has 0 saturated carbocycles. The van der Waals surface area contributed by atoms with Crippen LogP contribution in [0.5, 0.6) is 0 Å². The zero-order valence-electron chi connectivity index (χ0n) is 15.0. The summed E-state index contributed by atoms with van der Waals surface area (Å²) in [4.78, 5) is 12.1. The first-order chi connectivity index (χ1) is 10.2. The number of carbonyl (C=O) groups is 1. The van der Waals surface area contributed by atoms with Crippen LogP contribution in [-0.4, -0.2) is 11.5 Å². The highest BCUT2D eigenvalue weighted by Crippen LogP contribution is 2.25. The summed E-state index contributed by atoms with van der Waals surface area (Å²) in [5.74, 6) is -0.122. The molecule has 0 radical (unpaired) electrons. The Labute approximate surface area is 135 Å². The third-order valence-corrected chi connectivity index (χ3v) is 4.12. The molecule has 0 aliphatic rings. The van der Waals surface area contributed by atoms with Gasteiger partial charge < -0.3 is 10.1 Å². The summed E-state index contributed by atoms with van der Waals surface area (Å²) in [6, 6.07) is 8.10. The Hall–Kier alpha value is -1.51. The maximum absolute atomic E-state index is 12.1. The summed E-state index contributed by atoms with van der Waals surface area (Å²) in [6.45, 7) is 12.8. The third kappa shape index (κ3) is 5.70. The fourth-order valence-corrected chi connectivity index (χ4v) is 2.23. The van der Waals surface area contributed by atoms with Crippen molar-refractivity contribution in [1.29, 1.82) is 0 Å².